The average molecular weight is 327 g/mol. The van der Waals surface area contributed by atoms with E-state index in [9.17, 15) is 8.42 Å². The summed E-state index contributed by atoms with van der Waals surface area (Å²) in [7, 11) is -3.65. The van der Waals surface area contributed by atoms with Crippen LogP contribution in [-0.4, -0.2) is 14.5 Å². The van der Waals surface area contributed by atoms with Gasteiger partial charge in [0.25, 0.3) is 10.1 Å². The summed E-state index contributed by atoms with van der Waals surface area (Å²) in [5.74, 6) is 0. The van der Waals surface area contributed by atoms with Gasteiger partial charge in [0.15, 0.2) is 0 Å². The first-order valence-electron chi connectivity index (χ1n) is 8.37. The van der Waals surface area contributed by atoms with Crippen molar-refractivity contribution >= 4 is 10.1 Å². The Labute approximate surface area is 136 Å². The lowest BCUT2D eigenvalue weighted by Crippen LogP contribution is -2.15. The summed E-state index contributed by atoms with van der Waals surface area (Å²) in [6, 6.07) is 5.13. The van der Waals surface area contributed by atoms with Gasteiger partial charge < -0.3 is 0 Å². The lowest BCUT2D eigenvalue weighted by molar-refractivity contribution is 0.213. The van der Waals surface area contributed by atoms with E-state index in [2.05, 4.69) is 6.92 Å². The van der Waals surface area contributed by atoms with Crippen LogP contribution in [0.5, 0.6) is 0 Å². The maximum atomic E-state index is 12.3. The average Bonchev–Trinajstić information content (AvgIpc) is 2.45. The first kappa shape index (κ1) is 19.2. The van der Waals surface area contributed by atoms with E-state index in [1.807, 2.05) is 26.8 Å². The number of aryl methyl sites for hydroxylation is 2. The van der Waals surface area contributed by atoms with Gasteiger partial charge in [-0.15, -0.1) is 0 Å². The molecule has 0 N–H and O–H groups in total. The summed E-state index contributed by atoms with van der Waals surface area (Å²) in [6.45, 7) is 7.92. The van der Waals surface area contributed by atoms with E-state index in [0.717, 1.165) is 30.4 Å². The van der Waals surface area contributed by atoms with Crippen LogP contribution in [0.4, 0.5) is 0 Å². The fraction of sp³-hybridized carbons (Fsp3) is 0.667. The van der Waals surface area contributed by atoms with Crippen LogP contribution in [-0.2, 0) is 14.3 Å². The number of benzene rings is 1. The van der Waals surface area contributed by atoms with Crippen molar-refractivity contribution in [1.82, 2.24) is 0 Å². The smallest absolute Gasteiger partial charge is 0.263 e. The Hall–Kier alpha value is -0.870. The van der Waals surface area contributed by atoms with Crippen molar-refractivity contribution in [2.24, 2.45) is 0 Å². The third-order valence-corrected chi connectivity index (χ3v) is 5.44. The summed E-state index contributed by atoms with van der Waals surface area (Å²) in [5, 5.41) is 0. The van der Waals surface area contributed by atoms with Gasteiger partial charge in [0.1, 0.15) is 0 Å². The van der Waals surface area contributed by atoms with Gasteiger partial charge in [-0.25, -0.2) is 0 Å². The topological polar surface area (TPSA) is 43.4 Å². The van der Waals surface area contributed by atoms with Gasteiger partial charge in [0.05, 0.1) is 11.0 Å². The molecule has 0 radical (unpaired) electrons. The predicted octanol–water partition coefficient (Wildman–Crippen LogP) is 5.15. The second kappa shape index (κ2) is 9.31. The molecule has 0 aliphatic carbocycles. The van der Waals surface area contributed by atoms with Crippen LogP contribution in [0.3, 0.4) is 0 Å². The molecule has 1 aromatic rings. The molecule has 0 bridgehead atoms. The Bertz CT molecular complexity index is 549. The molecule has 1 unspecified atom stereocenters. The van der Waals surface area contributed by atoms with E-state index in [1.165, 1.54) is 25.7 Å². The van der Waals surface area contributed by atoms with E-state index in [0.29, 0.717) is 0 Å². The van der Waals surface area contributed by atoms with Crippen molar-refractivity contribution in [2.75, 3.05) is 0 Å². The van der Waals surface area contributed by atoms with Crippen molar-refractivity contribution in [3.8, 4) is 0 Å². The highest BCUT2D eigenvalue weighted by molar-refractivity contribution is 7.86. The Morgan fingerprint density at radius 1 is 1.00 bits per heavy atom. The highest BCUT2D eigenvalue weighted by Crippen LogP contribution is 2.20. The van der Waals surface area contributed by atoms with Crippen molar-refractivity contribution in [3.05, 3.63) is 29.3 Å². The summed E-state index contributed by atoms with van der Waals surface area (Å²) in [4.78, 5) is 0.255. The fourth-order valence-electron chi connectivity index (χ4n) is 2.40. The minimum Gasteiger partial charge on any atom is -0.263 e. The van der Waals surface area contributed by atoms with Crippen LogP contribution in [0.25, 0.3) is 0 Å². The van der Waals surface area contributed by atoms with Gasteiger partial charge in [-0.1, -0.05) is 51.5 Å². The third kappa shape index (κ3) is 6.49. The summed E-state index contributed by atoms with van der Waals surface area (Å²) < 4.78 is 29.8. The molecular formula is C18H30O3S. The molecule has 3 nitrogen and oxygen atoms in total. The first-order chi connectivity index (χ1) is 10.4. The van der Waals surface area contributed by atoms with Crippen LogP contribution in [0.1, 0.15) is 69.9 Å². The van der Waals surface area contributed by atoms with Gasteiger partial charge in [-0.3, -0.25) is 4.18 Å². The SMILES string of the molecule is CCCCCCCCC(C)OS(=O)(=O)c1ccc(C)c(C)c1. The maximum absolute atomic E-state index is 12.3. The lowest BCUT2D eigenvalue weighted by atomic mass is 10.1. The zero-order valence-electron chi connectivity index (χ0n) is 14.4. The Balaban J connectivity index is 2.45. The van der Waals surface area contributed by atoms with E-state index in [4.69, 9.17) is 4.18 Å². The van der Waals surface area contributed by atoms with Crippen LogP contribution in [0.15, 0.2) is 23.1 Å². The monoisotopic (exact) mass is 326 g/mol. The molecule has 0 aliphatic rings. The molecule has 0 aliphatic heterocycles. The van der Waals surface area contributed by atoms with Gasteiger partial charge in [-0.05, 0) is 50.5 Å². The van der Waals surface area contributed by atoms with E-state index < -0.39 is 10.1 Å². The molecule has 0 spiro atoms. The summed E-state index contributed by atoms with van der Waals surface area (Å²) in [5.41, 5.74) is 2.05. The molecule has 22 heavy (non-hydrogen) atoms. The molecule has 0 aromatic heterocycles. The second-order valence-corrected chi connectivity index (χ2v) is 7.74. The molecule has 0 saturated carbocycles. The zero-order valence-corrected chi connectivity index (χ0v) is 15.2. The van der Waals surface area contributed by atoms with E-state index >= 15 is 0 Å². The molecule has 1 atom stereocenters. The largest absolute Gasteiger partial charge is 0.297 e. The fourth-order valence-corrected chi connectivity index (χ4v) is 3.60. The summed E-state index contributed by atoms with van der Waals surface area (Å²) in [6.07, 6.45) is 7.72. The highest BCUT2D eigenvalue weighted by Gasteiger charge is 2.19. The molecular weight excluding hydrogens is 296 g/mol. The maximum Gasteiger partial charge on any atom is 0.297 e. The number of unbranched alkanes of at least 4 members (excludes halogenated alkanes) is 5. The van der Waals surface area contributed by atoms with Crippen LogP contribution >= 0.6 is 0 Å². The predicted molar refractivity (Wildman–Crippen MR) is 91.6 cm³/mol. The second-order valence-electron chi connectivity index (χ2n) is 6.16. The standard InChI is InChI=1S/C18H30O3S/c1-5-6-7-8-9-10-11-17(4)21-22(19,20)18-13-12-15(2)16(3)14-18/h12-14,17H,5-11H2,1-4H3. The molecule has 126 valence electrons. The highest BCUT2D eigenvalue weighted by atomic mass is 32.2. The Morgan fingerprint density at radius 2 is 1.64 bits per heavy atom. The molecule has 1 aromatic carbocycles. The molecule has 0 heterocycles. The number of hydrogen-bond acceptors (Lipinski definition) is 3. The molecule has 0 fully saturated rings. The minimum atomic E-state index is -3.65. The van der Waals surface area contributed by atoms with E-state index in [1.54, 1.807) is 12.1 Å². The summed E-state index contributed by atoms with van der Waals surface area (Å²) >= 11 is 0. The van der Waals surface area contributed by atoms with Crippen molar-refractivity contribution in [2.45, 2.75) is 83.6 Å². The quantitative estimate of drug-likeness (QED) is 0.441. The minimum absolute atomic E-state index is 0.255. The number of rotatable bonds is 10. The van der Waals surface area contributed by atoms with Crippen molar-refractivity contribution in [1.29, 1.82) is 0 Å². The zero-order chi connectivity index (χ0) is 16.6. The van der Waals surface area contributed by atoms with Crippen LogP contribution in [0.2, 0.25) is 0 Å². The van der Waals surface area contributed by atoms with Crippen LogP contribution in [0, 0.1) is 13.8 Å². The first-order valence-corrected chi connectivity index (χ1v) is 9.78. The molecule has 4 heteroatoms. The van der Waals surface area contributed by atoms with Crippen molar-refractivity contribution < 1.29 is 12.6 Å². The lowest BCUT2D eigenvalue weighted by Gasteiger charge is -2.13. The van der Waals surface area contributed by atoms with Gasteiger partial charge in [0, 0.05) is 0 Å². The van der Waals surface area contributed by atoms with Crippen LogP contribution < -0.4 is 0 Å². The van der Waals surface area contributed by atoms with Crippen molar-refractivity contribution in [3.63, 3.8) is 0 Å². The normalized spacial score (nSPS) is 13.3. The Morgan fingerprint density at radius 3 is 2.27 bits per heavy atom. The number of hydrogen-bond donors (Lipinski definition) is 0. The van der Waals surface area contributed by atoms with Gasteiger partial charge in [0.2, 0.25) is 0 Å². The third-order valence-electron chi connectivity index (χ3n) is 4.02. The van der Waals surface area contributed by atoms with Gasteiger partial charge in [-0.2, -0.15) is 8.42 Å². The molecule has 0 saturated heterocycles. The molecule has 1 rings (SSSR count). The van der Waals surface area contributed by atoms with E-state index in [-0.39, 0.29) is 11.0 Å². The van der Waals surface area contributed by atoms with Gasteiger partial charge >= 0.3 is 0 Å². The Kier molecular flexibility index (Phi) is 8.12. The molecule has 0 amide bonds.